The normalized spacial score (nSPS) is 11.3. The minimum absolute atomic E-state index is 0.338. The smallest absolute Gasteiger partial charge is 0.336 e. The molecule has 23 heavy (non-hydrogen) atoms. The number of hydrogen-bond acceptors (Lipinski definition) is 6. The summed E-state index contributed by atoms with van der Waals surface area (Å²) >= 11 is 6.63. The van der Waals surface area contributed by atoms with Crippen molar-refractivity contribution < 1.29 is 4.42 Å². The van der Waals surface area contributed by atoms with E-state index in [0.29, 0.717) is 11.3 Å². The van der Waals surface area contributed by atoms with Gasteiger partial charge in [-0.25, -0.2) is 14.8 Å². The van der Waals surface area contributed by atoms with Crippen molar-refractivity contribution in [1.82, 2.24) is 9.97 Å². The molecule has 0 radical (unpaired) electrons. The molecule has 4 nitrogen and oxygen atoms in total. The summed E-state index contributed by atoms with van der Waals surface area (Å²) in [6, 6.07) is 9.25. The van der Waals surface area contributed by atoms with Crippen LogP contribution in [-0.4, -0.2) is 9.97 Å². The Morgan fingerprint density at radius 2 is 2.13 bits per heavy atom. The molecule has 0 fully saturated rings. The second-order valence-electron chi connectivity index (χ2n) is 4.83. The maximum Gasteiger partial charge on any atom is 0.336 e. The molecule has 0 atom stereocenters. The van der Waals surface area contributed by atoms with Gasteiger partial charge in [0.2, 0.25) is 0 Å². The molecule has 0 saturated carbocycles. The number of benzene rings is 1. The van der Waals surface area contributed by atoms with Crippen LogP contribution in [0.4, 0.5) is 0 Å². The molecule has 0 spiro atoms. The van der Waals surface area contributed by atoms with Crippen LogP contribution in [0, 0.1) is 0 Å². The number of halogens is 1. The zero-order chi connectivity index (χ0) is 15.8. The van der Waals surface area contributed by atoms with E-state index in [1.165, 1.54) is 0 Å². The van der Waals surface area contributed by atoms with Crippen molar-refractivity contribution in [3.63, 3.8) is 0 Å². The molecule has 0 aliphatic carbocycles. The fourth-order valence-corrected chi connectivity index (χ4v) is 4.62. The molecule has 3 heterocycles. The number of aromatic nitrogens is 2. The van der Waals surface area contributed by atoms with Gasteiger partial charge in [-0.15, -0.1) is 23.1 Å². The van der Waals surface area contributed by atoms with Crippen LogP contribution in [0.25, 0.3) is 21.2 Å². The summed E-state index contributed by atoms with van der Waals surface area (Å²) in [4.78, 5) is 20.4. The fourth-order valence-electron chi connectivity index (χ4n) is 2.34. The molecular weight excluding hydrogens is 396 g/mol. The largest absolute Gasteiger partial charge is 0.423 e. The Morgan fingerprint density at radius 3 is 3.04 bits per heavy atom. The molecule has 0 N–H and O–H groups in total. The molecule has 4 rings (SSSR count). The van der Waals surface area contributed by atoms with E-state index in [9.17, 15) is 4.79 Å². The first-order chi connectivity index (χ1) is 11.2. The molecule has 0 saturated heterocycles. The van der Waals surface area contributed by atoms with E-state index in [4.69, 9.17) is 4.42 Å². The Balaban J connectivity index is 1.73. The van der Waals surface area contributed by atoms with Crippen molar-refractivity contribution in [2.24, 2.45) is 0 Å². The minimum atomic E-state index is -0.338. The molecule has 7 heteroatoms. The Hall–Kier alpha value is -1.70. The summed E-state index contributed by atoms with van der Waals surface area (Å²) < 4.78 is 7.23. The van der Waals surface area contributed by atoms with E-state index < -0.39 is 0 Å². The Kier molecular flexibility index (Phi) is 3.92. The average molecular weight is 405 g/mol. The van der Waals surface area contributed by atoms with Gasteiger partial charge in [0, 0.05) is 21.7 Å². The van der Waals surface area contributed by atoms with Crippen LogP contribution in [-0.2, 0) is 5.75 Å². The number of nitrogens with zero attached hydrogens (tertiary/aromatic N) is 2. The first kappa shape index (κ1) is 14.9. The maximum atomic E-state index is 11.8. The third-order valence-corrected chi connectivity index (χ3v) is 5.94. The molecular formula is C16H9BrN2O2S2. The van der Waals surface area contributed by atoms with E-state index in [2.05, 4.69) is 25.9 Å². The molecule has 0 bridgehead atoms. The molecule has 1 aromatic carbocycles. The summed E-state index contributed by atoms with van der Waals surface area (Å²) in [6.07, 6.45) is 1.58. The van der Waals surface area contributed by atoms with Gasteiger partial charge in [-0.3, -0.25) is 0 Å². The molecule has 114 valence electrons. The van der Waals surface area contributed by atoms with Crippen molar-refractivity contribution in [3.8, 4) is 0 Å². The summed E-state index contributed by atoms with van der Waals surface area (Å²) in [6.45, 7) is 0. The van der Waals surface area contributed by atoms with Crippen molar-refractivity contribution in [2.75, 3.05) is 0 Å². The fraction of sp³-hybridized carbons (Fsp3) is 0.0625. The molecule has 0 unspecified atom stereocenters. The van der Waals surface area contributed by atoms with Gasteiger partial charge in [0.1, 0.15) is 16.9 Å². The van der Waals surface area contributed by atoms with E-state index in [-0.39, 0.29) is 5.63 Å². The lowest BCUT2D eigenvalue weighted by Crippen LogP contribution is -2.00. The van der Waals surface area contributed by atoms with Crippen LogP contribution in [0.5, 0.6) is 0 Å². The molecule has 4 aromatic rings. The number of thioether (sulfide) groups is 1. The maximum absolute atomic E-state index is 11.8. The van der Waals surface area contributed by atoms with Gasteiger partial charge in [-0.2, -0.15) is 0 Å². The highest BCUT2D eigenvalue weighted by Gasteiger charge is 2.10. The molecule has 0 amide bonds. The molecule has 0 aliphatic heterocycles. The van der Waals surface area contributed by atoms with Crippen molar-refractivity contribution in [1.29, 1.82) is 0 Å². The van der Waals surface area contributed by atoms with Crippen LogP contribution in [0.1, 0.15) is 5.56 Å². The summed E-state index contributed by atoms with van der Waals surface area (Å²) in [5.41, 5.74) is 2.15. The lowest BCUT2D eigenvalue weighted by atomic mass is 10.1. The van der Waals surface area contributed by atoms with E-state index in [0.717, 1.165) is 30.7 Å². The molecule has 0 aliphatic rings. The third-order valence-electron chi connectivity index (χ3n) is 3.37. The van der Waals surface area contributed by atoms with Gasteiger partial charge < -0.3 is 4.42 Å². The zero-order valence-corrected chi connectivity index (χ0v) is 14.9. The molecule has 3 aromatic heterocycles. The van der Waals surface area contributed by atoms with Gasteiger partial charge >= 0.3 is 5.63 Å². The summed E-state index contributed by atoms with van der Waals surface area (Å²) in [7, 11) is 0. The van der Waals surface area contributed by atoms with Crippen molar-refractivity contribution >= 4 is 60.2 Å². The van der Waals surface area contributed by atoms with Gasteiger partial charge in [0.15, 0.2) is 0 Å². The SMILES string of the molecule is O=c1cc(CSc2ncnc3ccsc23)c2ccc(Br)cc2o1. The lowest BCUT2D eigenvalue weighted by Gasteiger charge is -2.06. The Morgan fingerprint density at radius 1 is 1.22 bits per heavy atom. The summed E-state index contributed by atoms with van der Waals surface area (Å²) in [5.74, 6) is 0.647. The second-order valence-corrected chi connectivity index (χ2v) is 7.63. The summed E-state index contributed by atoms with van der Waals surface area (Å²) in [5, 5.41) is 3.88. The number of fused-ring (bicyclic) bond motifs is 2. The van der Waals surface area contributed by atoms with Gasteiger partial charge in [0.05, 0.1) is 10.2 Å². The Bertz CT molecular complexity index is 1070. The highest BCUT2D eigenvalue weighted by atomic mass is 79.9. The quantitative estimate of drug-likeness (QED) is 0.277. The lowest BCUT2D eigenvalue weighted by molar-refractivity contribution is 0.559. The number of rotatable bonds is 3. The standard InChI is InChI=1S/C16H9BrN2O2S2/c17-10-1-2-11-9(5-14(20)21-13(11)6-10)7-23-16-15-12(3-4-22-15)18-8-19-16/h1-6,8H,7H2. The van der Waals surface area contributed by atoms with Crippen LogP contribution >= 0.6 is 39.0 Å². The van der Waals surface area contributed by atoms with E-state index in [1.54, 1.807) is 35.5 Å². The highest BCUT2D eigenvalue weighted by molar-refractivity contribution is 9.10. The zero-order valence-electron chi connectivity index (χ0n) is 11.7. The Labute approximate surface area is 147 Å². The first-order valence-corrected chi connectivity index (χ1v) is 9.40. The van der Waals surface area contributed by atoms with Gasteiger partial charge in [-0.05, 0) is 35.2 Å². The van der Waals surface area contributed by atoms with Crippen LogP contribution in [0.3, 0.4) is 0 Å². The topological polar surface area (TPSA) is 56.0 Å². The minimum Gasteiger partial charge on any atom is -0.423 e. The predicted molar refractivity (Wildman–Crippen MR) is 97.2 cm³/mol. The van der Waals surface area contributed by atoms with Crippen molar-refractivity contribution in [2.45, 2.75) is 10.8 Å². The van der Waals surface area contributed by atoms with Crippen molar-refractivity contribution in [3.05, 3.63) is 62.5 Å². The van der Waals surface area contributed by atoms with Gasteiger partial charge in [0.25, 0.3) is 0 Å². The first-order valence-electron chi connectivity index (χ1n) is 6.74. The third kappa shape index (κ3) is 2.91. The average Bonchev–Trinajstić information content (AvgIpc) is 3.01. The monoisotopic (exact) mass is 404 g/mol. The predicted octanol–water partition coefficient (Wildman–Crippen LogP) is 4.85. The van der Waals surface area contributed by atoms with Crippen LogP contribution in [0.2, 0.25) is 0 Å². The van der Waals surface area contributed by atoms with Gasteiger partial charge in [-0.1, -0.05) is 15.9 Å². The number of thiophene rings is 1. The van der Waals surface area contributed by atoms with E-state index in [1.807, 2.05) is 29.6 Å². The van der Waals surface area contributed by atoms with Crippen LogP contribution < -0.4 is 5.63 Å². The van der Waals surface area contributed by atoms with Crippen LogP contribution in [0.15, 0.2) is 60.7 Å². The number of hydrogen-bond donors (Lipinski definition) is 0. The highest BCUT2D eigenvalue weighted by Crippen LogP contribution is 2.32. The second kappa shape index (κ2) is 6.07. The van der Waals surface area contributed by atoms with E-state index >= 15 is 0 Å².